The highest BCUT2D eigenvalue weighted by Crippen LogP contribution is 2.31. The van der Waals surface area contributed by atoms with Crippen LogP contribution in [0.4, 0.5) is 24.7 Å². The Bertz CT molecular complexity index is 1110. The number of anilines is 2. The van der Waals surface area contributed by atoms with Crippen molar-refractivity contribution >= 4 is 34.3 Å². The van der Waals surface area contributed by atoms with Gasteiger partial charge in [-0.25, -0.2) is 15.0 Å². The van der Waals surface area contributed by atoms with Gasteiger partial charge in [0.05, 0.1) is 11.3 Å². The van der Waals surface area contributed by atoms with E-state index < -0.39 is 11.7 Å². The third-order valence-electron chi connectivity index (χ3n) is 3.89. The third kappa shape index (κ3) is 3.43. The van der Waals surface area contributed by atoms with Gasteiger partial charge in [-0.1, -0.05) is 17.7 Å². The van der Waals surface area contributed by atoms with Crippen LogP contribution in [0.3, 0.4) is 0 Å². The number of hydrogen-bond acceptors (Lipinski definition) is 4. The quantitative estimate of drug-likeness (QED) is 0.521. The molecule has 0 atom stereocenters. The summed E-state index contributed by atoms with van der Waals surface area (Å²) in [6.07, 6.45) is -1.43. The largest absolute Gasteiger partial charge is 0.416 e. The summed E-state index contributed by atoms with van der Waals surface area (Å²) in [6.45, 7) is 0. The second-order valence-corrected chi connectivity index (χ2v) is 6.13. The van der Waals surface area contributed by atoms with Gasteiger partial charge in [0.2, 0.25) is 0 Å². The SMILES string of the molecule is FC(F)(F)c1ccc(Nc2ncnc3c2ncn3-c2cccc(Cl)c2)cc1. The first-order valence-electron chi connectivity index (χ1n) is 7.80. The van der Waals surface area contributed by atoms with Crippen LogP contribution in [-0.4, -0.2) is 19.5 Å². The molecule has 27 heavy (non-hydrogen) atoms. The van der Waals surface area contributed by atoms with E-state index in [4.69, 9.17) is 11.6 Å². The molecule has 0 saturated carbocycles. The van der Waals surface area contributed by atoms with Crippen molar-refractivity contribution in [3.05, 3.63) is 71.8 Å². The van der Waals surface area contributed by atoms with E-state index in [2.05, 4.69) is 20.3 Å². The molecule has 5 nitrogen and oxygen atoms in total. The molecule has 0 fully saturated rings. The smallest absolute Gasteiger partial charge is 0.338 e. The number of halogens is 4. The lowest BCUT2D eigenvalue weighted by molar-refractivity contribution is -0.137. The van der Waals surface area contributed by atoms with Crippen molar-refractivity contribution in [3.63, 3.8) is 0 Å². The van der Waals surface area contributed by atoms with E-state index in [9.17, 15) is 13.2 Å². The predicted molar refractivity (Wildman–Crippen MR) is 96.4 cm³/mol. The van der Waals surface area contributed by atoms with Gasteiger partial charge in [0.15, 0.2) is 17.0 Å². The Balaban J connectivity index is 1.69. The molecule has 136 valence electrons. The number of nitrogens with zero attached hydrogens (tertiary/aromatic N) is 4. The third-order valence-corrected chi connectivity index (χ3v) is 4.13. The number of alkyl halides is 3. The Hall–Kier alpha value is -3.13. The highest BCUT2D eigenvalue weighted by molar-refractivity contribution is 6.30. The number of hydrogen-bond donors (Lipinski definition) is 1. The molecule has 0 unspecified atom stereocenters. The van der Waals surface area contributed by atoms with Crippen LogP contribution in [-0.2, 0) is 6.18 Å². The number of aromatic nitrogens is 4. The normalized spacial score (nSPS) is 11.7. The van der Waals surface area contributed by atoms with Crippen LogP contribution in [0.5, 0.6) is 0 Å². The highest BCUT2D eigenvalue weighted by atomic mass is 35.5. The lowest BCUT2D eigenvalue weighted by Crippen LogP contribution is -2.04. The maximum absolute atomic E-state index is 12.7. The van der Waals surface area contributed by atoms with E-state index in [0.717, 1.165) is 17.8 Å². The second kappa shape index (κ2) is 6.55. The van der Waals surface area contributed by atoms with Crippen molar-refractivity contribution in [1.29, 1.82) is 0 Å². The lowest BCUT2D eigenvalue weighted by Gasteiger charge is -2.09. The lowest BCUT2D eigenvalue weighted by atomic mass is 10.2. The molecule has 1 N–H and O–H groups in total. The Kier molecular flexibility index (Phi) is 4.19. The van der Waals surface area contributed by atoms with Crippen molar-refractivity contribution in [2.45, 2.75) is 6.18 Å². The summed E-state index contributed by atoms with van der Waals surface area (Å²) < 4.78 is 39.8. The monoisotopic (exact) mass is 389 g/mol. The van der Waals surface area contributed by atoms with Gasteiger partial charge >= 0.3 is 6.18 Å². The fourth-order valence-corrected chi connectivity index (χ4v) is 2.80. The molecule has 0 spiro atoms. The molecule has 2 heterocycles. The molecular formula is C18H11ClF3N5. The fraction of sp³-hybridized carbons (Fsp3) is 0.0556. The van der Waals surface area contributed by atoms with E-state index in [1.54, 1.807) is 23.0 Å². The number of benzene rings is 2. The molecule has 0 aliphatic rings. The predicted octanol–water partition coefficient (Wildman–Crippen LogP) is 5.23. The maximum atomic E-state index is 12.7. The molecule has 0 aliphatic heterocycles. The standard InChI is InChI=1S/C18H11ClF3N5/c19-12-2-1-3-14(8-12)27-10-25-15-16(23-9-24-17(15)27)26-13-6-4-11(5-7-13)18(20,21)22/h1-10H,(H,23,24,26). The van der Waals surface area contributed by atoms with Gasteiger partial charge in [-0.2, -0.15) is 13.2 Å². The van der Waals surface area contributed by atoms with Gasteiger partial charge in [0.1, 0.15) is 12.7 Å². The summed E-state index contributed by atoms with van der Waals surface area (Å²) in [5.41, 5.74) is 1.55. The number of nitrogens with one attached hydrogen (secondary N) is 1. The minimum absolute atomic E-state index is 0.389. The maximum Gasteiger partial charge on any atom is 0.416 e. The highest BCUT2D eigenvalue weighted by Gasteiger charge is 2.30. The molecule has 2 aromatic heterocycles. The molecule has 4 aromatic rings. The second-order valence-electron chi connectivity index (χ2n) is 5.69. The molecular weight excluding hydrogens is 379 g/mol. The molecule has 0 bridgehead atoms. The average Bonchev–Trinajstić information content (AvgIpc) is 3.07. The van der Waals surface area contributed by atoms with Gasteiger partial charge in [-0.15, -0.1) is 0 Å². The summed E-state index contributed by atoms with van der Waals surface area (Å²) in [6, 6.07) is 11.9. The Morgan fingerprint density at radius 1 is 0.963 bits per heavy atom. The van der Waals surface area contributed by atoms with E-state index >= 15 is 0 Å². The summed E-state index contributed by atoms with van der Waals surface area (Å²) in [4.78, 5) is 12.7. The van der Waals surface area contributed by atoms with Gasteiger partial charge in [-0.05, 0) is 42.5 Å². The molecule has 0 amide bonds. The van der Waals surface area contributed by atoms with Crippen LogP contribution < -0.4 is 5.32 Å². The van der Waals surface area contributed by atoms with Crippen molar-refractivity contribution < 1.29 is 13.2 Å². The molecule has 4 rings (SSSR count). The first kappa shape index (κ1) is 17.3. The van der Waals surface area contributed by atoms with Gasteiger partial charge in [-0.3, -0.25) is 4.57 Å². The zero-order valence-corrected chi connectivity index (χ0v) is 14.3. The summed E-state index contributed by atoms with van der Waals surface area (Å²) in [7, 11) is 0. The Labute approximate surface area is 156 Å². The van der Waals surface area contributed by atoms with Crippen molar-refractivity contribution in [2.24, 2.45) is 0 Å². The van der Waals surface area contributed by atoms with Crippen molar-refractivity contribution in [3.8, 4) is 5.69 Å². The molecule has 0 saturated heterocycles. The molecule has 2 aromatic carbocycles. The van der Waals surface area contributed by atoms with Gasteiger partial charge < -0.3 is 5.32 Å². The number of rotatable bonds is 3. The summed E-state index contributed by atoms with van der Waals surface area (Å²) >= 11 is 6.04. The first-order valence-corrected chi connectivity index (χ1v) is 8.18. The van der Waals surface area contributed by atoms with Crippen LogP contribution in [0, 0.1) is 0 Å². The fourth-order valence-electron chi connectivity index (χ4n) is 2.62. The van der Waals surface area contributed by atoms with Crippen molar-refractivity contribution in [2.75, 3.05) is 5.32 Å². The topological polar surface area (TPSA) is 55.6 Å². The number of fused-ring (bicyclic) bond motifs is 1. The average molecular weight is 390 g/mol. The van der Waals surface area contributed by atoms with Crippen LogP contribution >= 0.6 is 11.6 Å². The van der Waals surface area contributed by atoms with E-state index in [1.165, 1.54) is 18.5 Å². The van der Waals surface area contributed by atoms with E-state index in [-0.39, 0.29) is 0 Å². The minimum Gasteiger partial charge on any atom is -0.338 e. The van der Waals surface area contributed by atoms with Crippen molar-refractivity contribution in [1.82, 2.24) is 19.5 Å². The Morgan fingerprint density at radius 2 is 1.74 bits per heavy atom. The summed E-state index contributed by atoms with van der Waals surface area (Å²) in [5.74, 6) is 0.389. The van der Waals surface area contributed by atoms with Gasteiger partial charge in [0.25, 0.3) is 0 Å². The minimum atomic E-state index is -4.38. The zero-order valence-electron chi connectivity index (χ0n) is 13.6. The van der Waals surface area contributed by atoms with Crippen LogP contribution in [0.15, 0.2) is 61.2 Å². The first-order chi connectivity index (χ1) is 12.9. The van der Waals surface area contributed by atoms with Crippen LogP contribution in [0.25, 0.3) is 16.9 Å². The van der Waals surface area contributed by atoms with E-state index in [0.29, 0.717) is 27.7 Å². The zero-order chi connectivity index (χ0) is 19.0. The molecule has 0 radical (unpaired) electrons. The Morgan fingerprint density at radius 3 is 2.44 bits per heavy atom. The van der Waals surface area contributed by atoms with Crippen LogP contribution in [0.2, 0.25) is 5.02 Å². The molecule has 9 heteroatoms. The summed E-state index contributed by atoms with van der Waals surface area (Å²) in [5, 5.41) is 3.56. The number of imidazole rings is 1. The van der Waals surface area contributed by atoms with Gasteiger partial charge in [0, 0.05) is 10.7 Å². The van der Waals surface area contributed by atoms with E-state index in [1.807, 2.05) is 12.1 Å². The molecule has 0 aliphatic carbocycles. The van der Waals surface area contributed by atoms with Crippen LogP contribution in [0.1, 0.15) is 5.56 Å².